The summed E-state index contributed by atoms with van der Waals surface area (Å²) in [5, 5.41) is 3.56. The summed E-state index contributed by atoms with van der Waals surface area (Å²) in [5.41, 5.74) is 0.406. The number of ketones is 1. The molecule has 1 aromatic rings. The molecule has 4 nitrogen and oxygen atoms in total. The standard InChI is InChI=1S/C12H15ClN2O2/c1-8(16)11-5-10(6-15-12(11)13)17-7-9-3-2-4-14-9/h5-6,9,14H,2-4,7H2,1H3/t9-/m0/s1. The first kappa shape index (κ1) is 12.3. The fraction of sp³-hybridized carbons (Fsp3) is 0.500. The smallest absolute Gasteiger partial charge is 0.163 e. The molecule has 1 N–H and O–H groups in total. The van der Waals surface area contributed by atoms with Crippen molar-refractivity contribution in [1.82, 2.24) is 10.3 Å². The Bertz CT molecular complexity index is 417. The molecule has 1 aliphatic heterocycles. The van der Waals surface area contributed by atoms with Gasteiger partial charge in [-0.3, -0.25) is 4.79 Å². The lowest BCUT2D eigenvalue weighted by atomic mass is 10.2. The summed E-state index contributed by atoms with van der Waals surface area (Å²) < 4.78 is 5.60. The van der Waals surface area contributed by atoms with Crippen molar-refractivity contribution in [2.24, 2.45) is 0 Å². The number of aromatic nitrogens is 1. The van der Waals surface area contributed by atoms with E-state index in [1.165, 1.54) is 13.3 Å². The van der Waals surface area contributed by atoms with Gasteiger partial charge >= 0.3 is 0 Å². The van der Waals surface area contributed by atoms with Crippen LogP contribution in [0.3, 0.4) is 0 Å². The Labute approximate surface area is 105 Å². The van der Waals surface area contributed by atoms with Crippen LogP contribution in [0, 0.1) is 0 Å². The molecule has 0 spiro atoms. The van der Waals surface area contributed by atoms with E-state index in [0.29, 0.717) is 24.0 Å². The van der Waals surface area contributed by atoms with Gasteiger partial charge in [0.25, 0.3) is 0 Å². The lowest BCUT2D eigenvalue weighted by molar-refractivity contribution is 0.101. The molecule has 5 heteroatoms. The van der Waals surface area contributed by atoms with E-state index < -0.39 is 0 Å². The van der Waals surface area contributed by atoms with Gasteiger partial charge < -0.3 is 10.1 Å². The van der Waals surface area contributed by atoms with E-state index in [2.05, 4.69) is 10.3 Å². The highest BCUT2D eigenvalue weighted by molar-refractivity contribution is 6.32. The van der Waals surface area contributed by atoms with Crippen LogP contribution in [-0.4, -0.2) is 30.0 Å². The highest BCUT2D eigenvalue weighted by Gasteiger charge is 2.15. The minimum absolute atomic E-state index is 0.105. The Balaban J connectivity index is 2.00. The summed E-state index contributed by atoms with van der Waals surface area (Å²) >= 11 is 5.82. The van der Waals surface area contributed by atoms with Crippen molar-refractivity contribution < 1.29 is 9.53 Å². The first-order chi connectivity index (χ1) is 8.16. The van der Waals surface area contributed by atoms with Gasteiger partial charge in [-0.25, -0.2) is 4.98 Å². The molecule has 0 saturated carbocycles. The minimum atomic E-state index is -0.105. The van der Waals surface area contributed by atoms with Gasteiger partial charge in [0.15, 0.2) is 5.78 Å². The van der Waals surface area contributed by atoms with E-state index in [9.17, 15) is 4.79 Å². The fourth-order valence-electron chi connectivity index (χ4n) is 1.85. The molecule has 2 rings (SSSR count). The third kappa shape index (κ3) is 3.17. The topological polar surface area (TPSA) is 51.2 Å². The lowest BCUT2D eigenvalue weighted by Gasteiger charge is -2.12. The summed E-state index contributed by atoms with van der Waals surface area (Å²) in [6.07, 6.45) is 3.86. The second-order valence-electron chi connectivity index (χ2n) is 4.17. The highest BCUT2D eigenvalue weighted by Crippen LogP contribution is 2.20. The van der Waals surface area contributed by atoms with Crippen LogP contribution in [0.15, 0.2) is 12.3 Å². The molecule has 0 amide bonds. The summed E-state index contributed by atoms with van der Waals surface area (Å²) in [6, 6.07) is 2.04. The van der Waals surface area contributed by atoms with Crippen LogP contribution in [0.5, 0.6) is 5.75 Å². The average Bonchev–Trinajstić information content (AvgIpc) is 2.80. The number of pyridine rings is 1. The first-order valence-electron chi connectivity index (χ1n) is 5.69. The predicted molar refractivity (Wildman–Crippen MR) is 65.8 cm³/mol. The summed E-state index contributed by atoms with van der Waals surface area (Å²) in [4.78, 5) is 15.2. The molecule has 0 unspecified atom stereocenters. The van der Waals surface area contributed by atoms with Crippen LogP contribution in [-0.2, 0) is 0 Å². The average molecular weight is 255 g/mol. The van der Waals surface area contributed by atoms with E-state index in [1.54, 1.807) is 12.3 Å². The molecular formula is C12H15ClN2O2. The van der Waals surface area contributed by atoms with Gasteiger partial charge in [0.1, 0.15) is 17.5 Å². The predicted octanol–water partition coefficient (Wildman–Crippen LogP) is 2.07. The van der Waals surface area contributed by atoms with Crippen molar-refractivity contribution in [3.05, 3.63) is 23.0 Å². The quantitative estimate of drug-likeness (QED) is 0.660. The van der Waals surface area contributed by atoms with E-state index in [0.717, 1.165) is 13.0 Å². The maximum atomic E-state index is 11.3. The van der Waals surface area contributed by atoms with Gasteiger partial charge in [-0.15, -0.1) is 0 Å². The summed E-state index contributed by atoms with van der Waals surface area (Å²) in [7, 11) is 0. The van der Waals surface area contributed by atoms with Crippen molar-refractivity contribution in [3.63, 3.8) is 0 Å². The van der Waals surface area contributed by atoms with Gasteiger partial charge in [0.2, 0.25) is 0 Å². The Morgan fingerprint density at radius 3 is 3.18 bits per heavy atom. The van der Waals surface area contributed by atoms with Crippen LogP contribution < -0.4 is 10.1 Å². The van der Waals surface area contributed by atoms with E-state index in [4.69, 9.17) is 16.3 Å². The number of hydrogen-bond acceptors (Lipinski definition) is 4. The number of Topliss-reactive ketones (excluding diaryl/α,β-unsaturated/α-hetero) is 1. The number of rotatable bonds is 4. The largest absolute Gasteiger partial charge is 0.490 e. The van der Waals surface area contributed by atoms with Gasteiger partial charge in [-0.2, -0.15) is 0 Å². The van der Waals surface area contributed by atoms with Crippen molar-refractivity contribution in [3.8, 4) is 5.75 Å². The maximum Gasteiger partial charge on any atom is 0.163 e. The van der Waals surface area contributed by atoms with Crippen LogP contribution in [0.25, 0.3) is 0 Å². The fourth-order valence-corrected chi connectivity index (χ4v) is 2.09. The molecule has 1 aliphatic rings. The zero-order valence-corrected chi connectivity index (χ0v) is 10.5. The van der Waals surface area contributed by atoms with Crippen molar-refractivity contribution in [2.75, 3.05) is 13.2 Å². The Morgan fingerprint density at radius 1 is 1.71 bits per heavy atom. The van der Waals surface area contributed by atoms with Crippen molar-refractivity contribution in [2.45, 2.75) is 25.8 Å². The van der Waals surface area contributed by atoms with Crippen molar-refractivity contribution >= 4 is 17.4 Å². The number of hydrogen-bond donors (Lipinski definition) is 1. The molecule has 1 fully saturated rings. The molecule has 0 radical (unpaired) electrons. The second kappa shape index (κ2) is 5.47. The molecule has 2 heterocycles. The van der Waals surface area contributed by atoms with Crippen LogP contribution in [0.4, 0.5) is 0 Å². The second-order valence-corrected chi connectivity index (χ2v) is 4.53. The van der Waals surface area contributed by atoms with E-state index in [-0.39, 0.29) is 10.9 Å². The number of nitrogens with one attached hydrogen (secondary N) is 1. The monoisotopic (exact) mass is 254 g/mol. The van der Waals surface area contributed by atoms with Crippen LogP contribution in [0.2, 0.25) is 5.15 Å². The number of nitrogens with zero attached hydrogens (tertiary/aromatic N) is 1. The van der Waals surface area contributed by atoms with E-state index >= 15 is 0 Å². The third-order valence-electron chi connectivity index (χ3n) is 2.81. The molecule has 0 aromatic carbocycles. The van der Waals surface area contributed by atoms with Gasteiger partial charge in [0.05, 0.1) is 11.8 Å². The van der Waals surface area contributed by atoms with Gasteiger partial charge in [0, 0.05) is 6.04 Å². The lowest BCUT2D eigenvalue weighted by Crippen LogP contribution is -2.28. The Hall–Kier alpha value is -1.13. The summed E-state index contributed by atoms with van der Waals surface area (Å²) in [5.74, 6) is 0.486. The highest BCUT2D eigenvalue weighted by atomic mass is 35.5. The summed E-state index contributed by atoms with van der Waals surface area (Å²) in [6.45, 7) is 3.11. The normalized spacial score (nSPS) is 19.3. The number of carbonyl (C=O) groups excluding carboxylic acids is 1. The maximum absolute atomic E-state index is 11.3. The Kier molecular flexibility index (Phi) is 3.97. The number of ether oxygens (including phenoxy) is 1. The SMILES string of the molecule is CC(=O)c1cc(OC[C@@H]2CCCN2)cnc1Cl. The number of halogens is 1. The third-order valence-corrected chi connectivity index (χ3v) is 3.11. The van der Waals surface area contributed by atoms with Gasteiger partial charge in [-0.1, -0.05) is 11.6 Å². The van der Waals surface area contributed by atoms with E-state index in [1.807, 2.05) is 0 Å². The van der Waals surface area contributed by atoms with Crippen molar-refractivity contribution in [1.29, 1.82) is 0 Å². The molecular weight excluding hydrogens is 240 g/mol. The molecule has 92 valence electrons. The molecule has 0 bridgehead atoms. The zero-order chi connectivity index (χ0) is 12.3. The first-order valence-corrected chi connectivity index (χ1v) is 6.07. The molecule has 0 aliphatic carbocycles. The molecule has 17 heavy (non-hydrogen) atoms. The Morgan fingerprint density at radius 2 is 2.53 bits per heavy atom. The molecule has 1 atom stereocenters. The number of carbonyl (C=O) groups is 1. The minimum Gasteiger partial charge on any atom is -0.490 e. The van der Waals surface area contributed by atoms with Crippen LogP contribution in [0.1, 0.15) is 30.1 Å². The molecule has 1 aromatic heterocycles. The zero-order valence-electron chi connectivity index (χ0n) is 9.70. The van der Waals surface area contributed by atoms with Crippen LogP contribution >= 0.6 is 11.6 Å². The van der Waals surface area contributed by atoms with Gasteiger partial charge in [-0.05, 0) is 32.4 Å². The molecule has 1 saturated heterocycles.